The van der Waals surface area contributed by atoms with Crippen LogP contribution in [0.25, 0.3) is 10.8 Å². The standard InChI is InChI=1S/C12H12NO.ClHO4/c1-9-8-10-4-2-3-5-11(10)12-13(9)6-7-14-12;2-1(3,4)5/h2-5,8H,6-7H2,1H3;(H,2,3,4,5)/q+1;/p-1. The summed E-state index contributed by atoms with van der Waals surface area (Å²) in [6.45, 7) is 3.91. The van der Waals surface area contributed by atoms with E-state index in [-0.39, 0.29) is 0 Å². The molecule has 6 nitrogen and oxygen atoms in total. The smallest absolute Gasteiger partial charge is 0.376 e. The number of nitrogens with zero attached hydrogens (tertiary/aromatic N) is 1. The van der Waals surface area contributed by atoms with Crippen molar-refractivity contribution in [1.29, 1.82) is 0 Å². The fourth-order valence-electron chi connectivity index (χ4n) is 2.09. The Morgan fingerprint density at radius 1 is 1.16 bits per heavy atom. The molecule has 0 aliphatic carbocycles. The number of ether oxygens (including phenoxy) is 1. The van der Waals surface area contributed by atoms with E-state index in [4.69, 9.17) is 23.4 Å². The van der Waals surface area contributed by atoms with Gasteiger partial charge in [0.1, 0.15) is 0 Å². The zero-order valence-electron chi connectivity index (χ0n) is 10.2. The molecule has 0 atom stereocenters. The third-order valence-corrected chi connectivity index (χ3v) is 2.78. The molecular formula is C12H12ClNO5. The first-order chi connectivity index (χ1) is 8.86. The molecule has 2 heterocycles. The van der Waals surface area contributed by atoms with E-state index in [0.717, 1.165) is 19.0 Å². The van der Waals surface area contributed by atoms with Crippen LogP contribution in [0.2, 0.25) is 0 Å². The van der Waals surface area contributed by atoms with Crippen LogP contribution in [0.4, 0.5) is 0 Å². The monoisotopic (exact) mass is 285 g/mol. The lowest BCUT2D eigenvalue weighted by Gasteiger charge is -2.17. The van der Waals surface area contributed by atoms with Crippen LogP contribution in [0.5, 0.6) is 5.88 Å². The van der Waals surface area contributed by atoms with Gasteiger partial charge in [-0.2, -0.15) is 4.57 Å². The van der Waals surface area contributed by atoms with Gasteiger partial charge >= 0.3 is 5.88 Å². The van der Waals surface area contributed by atoms with Gasteiger partial charge in [-0.25, -0.2) is 18.6 Å². The second kappa shape index (κ2) is 5.28. The Morgan fingerprint density at radius 2 is 1.79 bits per heavy atom. The third-order valence-electron chi connectivity index (χ3n) is 2.78. The molecule has 0 spiro atoms. The zero-order valence-corrected chi connectivity index (χ0v) is 10.9. The van der Waals surface area contributed by atoms with Gasteiger partial charge in [0.05, 0.1) is 5.39 Å². The van der Waals surface area contributed by atoms with Gasteiger partial charge in [0.25, 0.3) is 0 Å². The van der Waals surface area contributed by atoms with Gasteiger partial charge in [0, 0.05) is 13.0 Å². The minimum absolute atomic E-state index is 0.800. The molecule has 3 rings (SSSR count). The molecule has 19 heavy (non-hydrogen) atoms. The first-order valence-corrected chi connectivity index (χ1v) is 6.76. The predicted molar refractivity (Wildman–Crippen MR) is 54.4 cm³/mol. The normalized spacial score (nSPS) is 13.5. The molecule has 1 aliphatic rings. The number of halogens is 1. The van der Waals surface area contributed by atoms with Gasteiger partial charge in [-0.15, -0.1) is 10.2 Å². The SMILES string of the molecule is Cc1cc2ccccc2c2[n+]1CCO2.[O-][Cl+3]([O-])([O-])[O-]. The first-order valence-electron chi connectivity index (χ1n) is 5.53. The Bertz CT molecular complexity index is 590. The average molecular weight is 286 g/mol. The van der Waals surface area contributed by atoms with Gasteiger partial charge < -0.3 is 4.74 Å². The van der Waals surface area contributed by atoms with Crippen molar-refractivity contribution in [3.8, 4) is 5.88 Å². The van der Waals surface area contributed by atoms with E-state index in [9.17, 15) is 0 Å². The summed E-state index contributed by atoms with van der Waals surface area (Å²) in [4.78, 5) is 0. The van der Waals surface area contributed by atoms with Crippen molar-refractivity contribution in [3.63, 3.8) is 0 Å². The van der Waals surface area contributed by atoms with Crippen LogP contribution in [0.1, 0.15) is 5.69 Å². The van der Waals surface area contributed by atoms with E-state index in [1.54, 1.807) is 0 Å². The molecule has 0 amide bonds. The molecule has 0 saturated heterocycles. The van der Waals surface area contributed by atoms with Gasteiger partial charge in [-0.05, 0) is 11.5 Å². The van der Waals surface area contributed by atoms with Crippen LogP contribution >= 0.6 is 0 Å². The van der Waals surface area contributed by atoms with Gasteiger partial charge in [-0.1, -0.05) is 18.2 Å². The lowest BCUT2D eigenvalue weighted by Crippen LogP contribution is -2.68. The summed E-state index contributed by atoms with van der Waals surface area (Å²) in [5.74, 6) is 1.03. The van der Waals surface area contributed by atoms with Crippen LogP contribution in [0.15, 0.2) is 30.3 Å². The first kappa shape index (κ1) is 14.0. The van der Waals surface area contributed by atoms with E-state index in [0.29, 0.717) is 0 Å². The van der Waals surface area contributed by atoms with Crippen molar-refractivity contribution in [1.82, 2.24) is 0 Å². The summed E-state index contributed by atoms with van der Waals surface area (Å²) in [6, 6.07) is 10.6. The molecule has 1 aromatic heterocycles. The highest BCUT2D eigenvalue weighted by molar-refractivity contribution is 5.85. The molecule has 102 valence electrons. The second-order valence-electron chi connectivity index (χ2n) is 4.06. The van der Waals surface area contributed by atoms with Crippen molar-refractivity contribution in [2.45, 2.75) is 13.5 Å². The minimum atomic E-state index is -4.94. The molecule has 0 saturated carbocycles. The number of hydrogen-bond acceptors (Lipinski definition) is 5. The number of fused-ring (bicyclic) bond motifs is 3. The van der Waals surface area contributed by atoms with Crippen LogP contribution < -0.4 is 27.9 Å². The third kappa shape index (κ3) is 3.52. The highest BCUT2D eigenvalue weighted by atomic mass is 35.7. The molecular weight excluding hydrogens is 274 g/mol. The van der Waals surface area contributed by atoms with Gasteiger partial charge in [0.2, 0.25) is 0 Å². The molecule has 2 aromatic rings. The summed E-state index contributed by atoms with van der Waals surface area (Å²) >= 11 is 0. The molecule has 0 unspecified atom stereocenters. The van der Waals surface area contributed by atoms with Crippen LogP contribution in [0, 0.1) is 17.2 Å². The maximum atomic E-state index is 8.49. The molecule has 1 aromatic carbocycles. The van der Waals surface area contributed by atoms with Crippen LogP contribution in [-0.2, 0) is 6.54 Å². The van der Waals surface area contributed by atoms with Gasteiger partial charge in [0.15, 0.2) is 18.8 Å². The van der Waals surface area contributed by atoms with Crippen LogP contribution in [-0.4, -0.2) is 6.61 Å². The Morgan fingerprint density at radius 3 is 2.47 bits per heavy atom. The van der Waals surface area contributed by atoms with E-state index >= 15 is 0 Å². The van der Waals surface area contributed by atoms with Crippen LogP contribution in [0.3, 0.4) is 0 Å². The van der Waals surface area contributed by atoms with Crippen molar-refractivity contribution in [2.75, 3.05) is 6.61 Å². The highest BCUT2D eigenvalue weighted by Gasteiger charge is 2.25. The summed E-state index contributed by atoms with van der Waals surface area (Å²) in [5, 5.41) is 2.48. The van der Waals surface area contributed by atoms with Crippen molar-refractivity contribution in [3.05, 3.63) is 36.0 Å². The maximum absolute atomic E-state index is 8.49. The van der Waals surface area contributed by atoms with Crippen molar-refractivity contribution < 1.29 is 38.2 Å². The van der Waals surface area contributed by atoms with E-state index < -0.39 is 10.2 Å². The Kier molecular flexibility index (Phi) is 3.88. The average Bonchev–Trinajstić information content (AvgIpc) is 2.76. The fourth-order valence-corrected chi connectivity index (χ4v) is 2.09. The van der Waals surface area contributed by atoms with Crippen molar-refractivity contribution >= 4 is 10.8 Å². The lowest BCUT2D eigenvalue weighted by molar-refractivity contribution is -2.00. The molecule has 0 bridgehead atoms. The number of aryl methyl sites for hydroxylation is 1. The Hall–Kier alpha value is -1.44. The minimum Gasteiger partial charge on any atom is -0.437 e. The number of hydrogen-bond donors (Lipinski definition) is 0. The summed E-state index contributed by atoms with van der Waals surface area (Å²) < 4.78 is 41.9. The van der Waals surface area contributed by atoms with Gasteiger partial charge in [-0.3, -0.25) is 0 Å². The number of rotatable bonds is 0. The molecule has 0 N–H and O–H groups in total. The quantitative estimate of drug-likeness (QED) is 0.482. The number of pyridine rings is 1. The van der Waals surface area contributed by atoms with Crippen molar-refractivity contribution in [2.24, 2.45) is 0 Å². The molecule has 0 radical (unpaired) electrons. The largest absolute Gasteiger partial charge is 0.437 e. The topological polar surface area (TPSA) is 105 Å². The molecule has 7 heteroatoms. The fraction of sp³-hybridized carbons (Fsp3) is 0.250. The van der Waals surface area contributed by atoms with E-state index in [1.165, 1.54) is 16.5 Å². The highest BCUT2D eigenvalue weighted by Crippen LogP contribution is 2.24. The van der Waals surface area contributed by atoms with E-state index in [1.807, 2.05) is 0 Å². The lowest BCUT2D eigenvalue weighted by atomic mass is 10.1. The second-order valence-corrected chi connectivity index (χ2v) is 4.81. The number of aromatic nitrogens is 1. The Labute approximate surface area is 111 Å². The molecule has 0 fully saturated rings. The summed E-state index contributed by atoms with van der Waals surface area (Å²) in [6.07, 6.45) is 0. The van der Waals surface area contributed by atoms with E-state index in [2.05, 4.69) is 41.8 Å². The summed E-state index contributed by atoms with van der Waals surface area (Å²) in [7, 11) is -4.94. The Balaban J connectivity index is 0.000000232. The predicted octanol–water partition coefficient (Wildman–Crippen LogP) is -2.93. The zero-order chi connectivity index (χ0) is 14.0. The summed E-state index contributed by atoms with van der Waals surface area (Å²) in [5.41, 5.74) is 1.27. The number of benzene rings is 1. The molecule has 1 aliphatic heterocycles. The maximum Gasteiger partial charge on any atom is 0.376 e.